The molecule has 3 heteroatoms. The fourth-order valence-corrected chi connectivity index (χ4v) is 1.86. The minimum absolute atomic E-state index is 0.311. The summed E-state index contributed by atoms with van der Waals surface area (Å²) in [4.78, 5) is 2.35. The van der Waals surface area contributed by atoms with Gasteiger partial charge in [0.2, 0.25) is 0 Å². The molecule has 1 N–H and O–H groups in total. The van der Waals surface area contributed by atoms with E-state index in [9.17, 15) is 5.11 Å². The first-order chi connectivity index (χ1) is 8.12. The Labute approximate surface area is 104 Å². The van der Waals surface area contributed by atoms with Crippen molar-refractivity contribution in [2.45, 2.75) is 39.8 Å². The van der Waals surface area contributed by atoms with E-state index in [0.29, 0.717) is 17.5 Å². The second-order valence-corrected chi connectivity index (χ2v) is 4.32. The van der Waals surface area contributed by atoms with Crippen molar-refractivity contribution in [2.24, 2.45) is 0 Å². The third-order valence-corrected chi connectivity index (χ3v) is 3.29. The van der Waals surface area contributed by atoms with Crippen LogP contribution in [-0.4, -0.2) is 29.7 Å². The van der Waals surface area contributed by atoms with Crippen molar-refractivity contribution < 1.29 is 9.84 Å². The van der Waals surface area contributed by atoms with Crippen LogP contribution < -0.4 is 4.74 Å². The highest BCUT2D eigenvalue weighted by atomic mass is 16.5. The first-order valence-electron chi connectivity index (χ1n) is 6.22. The number of methoxy groups -OCH3 is 1. The summed E-state index contributed by atoms with van der Waals surface area (Å²) in [6.07, 6.45) is 1.12. The van der Waals surface area contributed by atoms with E-state index < -0.39 is 0 Å². The van der Waals surface area contributed by atoms with Crippen LogP contribution in [0, 0.1) is 0 Å². The lowest BCUT2D eigenvalue weighted by molar-refractivity contribution is 0.204. The highest BCUT2D eigenvalue weighted by Crippen LogP contribution is 2.25. The minimum atomic E-state index is 0.311. The van der Waals surface area contributed by atoms with Crippen LogP contribution in [0.15, 0.2) is 18.2 Å². The maximum absolute atomic E-state index is 9.91. The van der Waals surface area contributed by atoms with Gasteiger partial charge in [0.25, 0.3) is 0 Å². The molecule has 0 aliphatic heterocycles. The number of aromatic hydroxyl groups is 1. The molecule has 0 saturated carbocycles. The molecule has 1 aromatic carbocycles. The van der Waals surface area contributed by atoms with Gasteiger partial charge in [-0.1, -0.05) is 19.9 Å². The Hall–Kier alpha value is -1.22. The molecule has 0 bridgehead atoms. The van der Waals surface area contributed by atoms with E-state index in [0.717, 1.165) is 25.1 Å². The van der Waals surface area contributed by atoms with E-state index in [1.807, 2.05) is 12.1 Å². The molecule has 1 aromatic rings. The smallest absolute Gasteiger partial charge is 0.123 e. The molecule has 17 heavy (non-hydrogen) atoms. The van der Waals surface area contributed by atoms with Gasteiger partial charge >= 0.3 is 0 Å². The maximum Gasteiger partial charge on any atom is 0.123 e. The summed E-state index contributed by atoms with van der Waals surface area (Å²) in [5.41, 5.74) is 0.952. The van der Waals surface area contributed by atoms with Crippen LogP contribution in [0.2, 0.25) is 0 Å². The Morgan fingerprint density at radius 3 is 2.53 bits per heavy atom. The van der Waals surface area contributed by atoms with Crippen molar-refractivity contribution >= 4 is 0 Å². The largest absolute Gasteiger partial charge is 0.507 e. The van der Waals surface area contributed by atoms with Crippen molar-refractivity contribution in [1.29, 1.82) is 0 Å². The number of ether oxygens (including phenoxy) is 1. The van der Waals surface area contributed by atoms with Gasteiger partial charge in [-0.15, -0.1) is 0 Å². The molecule has 96 valence electrons. The van der Waals surface area contributed by atoms with E-state index in [4.69, 9.17) is 4.74 Å². The molecule has 0 aliphatic carbocycles. The molecule has 1 atom stereocenters. The van der Waals surface area contributed by atoms with Gasteiger partial charge in [-0.2, -0.15) is 0 Å². The quantitative estimate of drug-likeness (QED) is 0.825. The molecule has 0 spiro atoms. The second-order valence-electron chi connectivity index (χ2n) is 4.32. The zero-order valence-corrected chi connectivity index (χ0v) is 11.2. The molecular formula is C14H23NO2. The predicted octanol–water partition coefficient (Wildman–Crippen LogP) is 3.02. The lowest BCUT2D eigenvalue weighted by atomic mass is 10.1. The first-order valence-corrected chi connectivity index (χ1v) is 6.22. The van der Waals surface area contributed by atoms with Crippen LogP contribution in [0.5, 0.6) is 11.5 Å². The molecule has 0 radical (unpaired) electrons. The van der Waals surface area contributed by atoms with E-state index in [2.05, 4.69) is 25.7 Å². The fraction of sp³-hybridized carbons (Fsp3) is 0.571. The van der Waals surface area contributed by atoms with Gasteiger partial charge in [-0.05, 0) is 26.0 Å². The molecule has 0 saturated heterocycles. The Bertz CT molecular complexity index is 352. The summed E-state index contributed by atoms with van der Waals surface area (Å²) in [6, 6.07) is 6.01. The Morgan fingerprint density at radius 2 is 2.06 bits per heavy atom. The lowest BCUT2D eigenvalue weighted by Crippen LogP contribution is -2.31. The fourth-order valence-electron chi connectivity index (χ4n) is 1.86. The summed E-state index contributed by atoms with van der Waals surface area (Å²) < 4.78 is 5.08. The first kappa shape index (κ1) is 13.8. The number of rotatable bonds is 6. The molecule has 0 aliphatic rings. The van der Waals surface area contributed by atoms with Crippen LogP contribution in [0.3, 0.4) is 0 Å². The minimum Gasteiger partial charge on any atom is -0.507 e. The van der Waals surface area contributed by atoms with E-state index in [1.54, 1.807) is 13.2 Å². The molecule has 1 rings (SSSR count). The average Bonchev–Trinajstić information content (AvgIpc) is 2.36. The van der Waals surface area contributed by atoms with Gasteiger partial charge in [0.15, 0.2) is 0 Å². The van der Waals surface area contributed by atoms with Crippen LogP contribution >= 0.6 is 0 Å². The summed E-state index contributed by atoms with van der Waals surface area (Å²) in [5, 5.41) is 9.91. The predicted molar refractivity (Wildman–Crippen MR) is 70.5 cm³/mol. The van der Waals surface area contributed by atoms with Gasteiger partial charge in [-0.3, -0.25) is 4.90 Å². The molecule has 1 unspecified atom stereocenters. The summed E-state index contributed by atoms with van der Waals surface area (Å²) in [5.74, 6) is 1.00. The second kappa shape index (κ2) is 6.50. The van der Waals surface area contributed by atoms with Gasteiger partial charge < -0.3 is 9.84 Å². The highest BCUT2D eigenvalue weighted by Gasteiger charge is 2.12. The Morgan fingerprint density at radius 1 is 1.35 bits per heavy atom. The van der Waals surface area contributed by atoms with Crippen molar-refractivity contribution in [3.63, 3.8) is 0 Å². The molecular weight excluding hydrogens is 214 g/mol. The van der Waals surface area contributed by atoms with Crippen LogP contribution in [-0.2, 0) is 6.54 Å². The van der Waals surface area contributed by atoms with Gasteiger partial charge in [0, 0.05) is 24.2 Å². The summed E-state index contributed by atoms with van der Waals surface area (Å²) in [7, 11) is 1.60. The SMILES string of the molecule is CCC(C)N(CC)Cc1ccc(OC)cc1O. The van der Waals surface area contributed by atoms with E-state index in [1.165, 1.54) is 0 Å². The van der Waals surface area contributed by atoms with Crippen LogP contribution in [0.4, 0.5) is 0 Å². The van der Waals surface area contributed by atoms with Gasteiger partial charge in [-0.25, -0.2) is 0 Å². The van der Waals surface area contributed by atoms with E-state index in [-0.39, 0.29) is 0 Å². The van der Waals surface area contributed by atoms with Crippen molar-refractivity contribution in [3.8, 4) is 11.5 Å². The Balaban J connectivity index is 2.79. The maximum atomic E-state index is 9.91. The zero-order valence-electron chi connectivity index (χ0n) is 11.2. The average molecular weight is 237 g/mol. The number of nitrogens with zero attached hydrogens (tertiary/aromatic N) is 1. The van der Waals surface area contributed by atoms with Crippen LogP contribution in [0.25, 0.3) is 0 Å². The number of phenolic OH excluding ortho intramolecular Hbond substituents is 1. The van der Waals surface area contributed by atoms with Crippen molar-refractivity contribution in [1.82, 2.24) is 4.90 Å². The standard InChI is InChI=1S/C14H23NO2/c1-5-11(3)15(6-2)10-12-7-8-13(17-4)9-14(12)16/h7-9,11,16H,5-6,10H2,1-4H3. The number of hydrogen-bond acceptors (Lipinski definition) is 3. The summed E-state index contributed by atoms with van der Waals surface area (Å²) >= 11 is 0. The van der Waals surface area contributed by atoms with Gasteiger partial charge in [0.1, 0.15) is 11.5 Å². The highest BCUT2D eigenvalue weighted by molar-refractivity contribution is 5.39. The lowest BCUT2D eigenvalue weighted by Gasteiger charge is -2.27. The number of phenols is 1. The van der Waals surface area contributed by atoms with Crippen LogP contribution in [0.1, 0.15) is 32.8 Å². The Kier molecular flexibility index (Phi) is 5.29. The topological polar surface area (TPSA) is 32.7 Å². The normalized spacial score (nSPS) is 12.8. The number of hydrogen-bond donors (Lipinski definition) is 1. The van der Waals surface area contributed by atoms with Crippen molar-refractivity contribution in [3.05, 3.63) is 23.8 Å². The third-order valence-electron chi connectivity index (χ3n) is 3.29. The van der Waals surface area contributed by atoms with E-state index >= 15 is 0 Å². The molecule has 0 heterocycles. The zero-order chi connectivity index (χ0) is 12.8. The summed E-state index contributed by atoms with van der Waals surface area (Å²) in [6.45, 7) is 8.31. The molecule has 0 fully saturated rings. The third kappa shape index (κ3) is 3.63. The number of benzene rings is 1. The molecule has 3 nitrogen and oxygen atoms in total. The molecule has 0 amide bonds. The monoisotopic (exact) mass is 237 g/mol. The molecule has 0 aromatic heterocycles. The van der Waals surface area contributed by atoms with Gasteiger partial charge in [0.05, 0.1) is 7.11 Å². The van der Waals surface area contributed by atoms with Crippen molar-refractivity contribution in [2.75, 3.05) is 13.7 Å².